The minimum absolute atomic E-state index is 0.0264. The van der Waals surface area contributed by atoms with Crippen molar-refractivity contribution >= 4 is 43.9 Å². The normalized spacial score (nSPS) is 12.2. The molecule has 4 rings (SSSR count). The van der Waals surface area contributed by atoms with Crippen LogP contribution in [0.15, 0.2) is 65.5 Å². The molecule has 3 aromatic carbocycles. The molecule has 1 aromatic heterocycles. The Morgan fingerprint density at radius 2 is 1.85 bits per heavy atom. The van der Waals surface area contributed by atoms with Crippen molar-refractivity contribution < 1.29 is 9.53 Å². The predicted octanol–water partition coefficient (Wildman–Crippen LogP) is 4.16. The molecule has 0 aliphatic heterocycles. The number of anilines is 1. The number of fused-ring (bicyclic) bond motifs is 2. The van der Waals surface area contributed by atoms with Crippen LogP contribution in [0, 0.1) is 0 Å². The summed E-state index contributed by atoms with van der Waals surface area (Å²) in [6, 6.07) is 19.2. The van der Waals surface area contributed by atoms with Gasteiger partial charge in [0.15, 0.2) is 6.10 Å². The molecule has 0 saturated heterocycles. The number of thiazole rings is 1. The molecule has 1 atom stereocenters. The van der Waals surface area contributed by atoms with Crippen LogP contribution in [0.1, 0.15) is 6.92 Å². The van der Waals surface area contributed by atoms with Crippen molar-refractivity contribution in [1.29, 1.82) is 0 Å². The molecule has 1 heterocycles. The number of hydrogen-bond donors (Lipinski definition) is 1. The molecule has 0 aliphatic rings. The lowest BCUT2D eigenvalue weighted by atomic mass is 10.1. The molecule has 1 N–H and O–H groups in total. The van der Waals surface area contributed by atoms with E-state index in [1.165, 1.54) is 0 Å². The first-order chi connectivity index (χ1) is 13.0. The number of ether oxygens (including phenoxy) is 1. The monoisotopic (exact) mass is 378 g/mol. The van der Waals surface area contributed by atoms with E-state index >= 15 is 0 Å². The summed E-state index contributed by atoms with van der Waals surface area (Å²) in [6.07, 6.45) is -0.656. The summed E-state index contributed by atoms with van der Waals surface area (Å²) < 4.78 is 8.23. The van der Waals surface area contributed by atoms with E-state index in [1.54, 1.807) is 24.6 Å². The van der Waals surface area contributed by atoms with Crippen LogP contribution in [0.25, 0.3) is 21.0 Å². The van der Waals surface area contributed by atoms with E-state index in [0.717, 1.165) is 32.3 Å². The van der Waals surface area contributed by atoms with Crippen LogP contribution in [0.3, 0.4) is 0 Å². The summed E-state index contributed by atoms with van der Waals surface area (Å²) in [4.78, 5) is 24.2. The molecule has 0 fully saturated rings. The second-order valence-electron chi connectivity index (χ2n) is 6.37. The molecule has 0 aliphatic carbocycles. The van der Waals surface area contributed by atoms with E-state index in [9.17, 15) is 9.59 Å². The number of carbonyl (C=O) groups is 1. The molecule has 5 nitrogen and oxygen atoms in total. The van der Waals surface area contributed by atoms with Crippen molar-refractivity contribution in [3.63, 3.8) is 0 Å². The zero-order valence-corrected chi connectivity index (χ0v) is 15.7. The standard InChI is InChI=1S/C21H18N2O3S/c1-13(26-17-9-7-14-5-3-4-6-15(14)11-17)20(24)22-16-8-10-18-19(12-16)27-21(25)23(18)2/h3-13H,1-2H3,(H,22,24)/t13-/m0/s1. The molecule has 0 spiro atoms. The van der Waals surface area contributed by atoms with Gasteiger partial charge >= 0.3 is 4.87 Å². The van der Waals surface area contributed by atoms with Crippen LogP contribution in [0.4, 0.5) is 5.69 Å². The number of carbonyl (C=O) groups excluding carboxylic acids is 1. The molecule has 0 bridgehead atoms. The Morgan fingerprint density at radius 1 is 1.07 bits per heavy atom. The van der Waals surface area contributed by atoms with Gasteiger partial charge in [0.2, 0.25) is 0 Å². The number of rotatable bonds is 4. The number of benzene rings is 3. The van der Waals surface area contributed by atoms with Gasteiger partial charge in [0.25, 0.3) is 5.91 Å². The predicted molar refractivity (Wildman–Crippen MR) is 110 cm³/mol. The first-order valence-corrected chi connectivity index (χ1v) is 9.39. The smallest absolute Gasteiger partial charge is 0.307 e. The molecule has 0 radical (unpaired) electrons. The summed E-state index contributed by atoms with van der Waals surface area (Å²) in [6.45, 7) is 1.71. The molecular weight excluding hydrogens is 360 g/mol. The van der Waals surface area contributed by atoms with Gasteiger partial charge in [0.05, 0.1) is 10.2 Å². The van der Waals surface area contributed by atoms with Crippen LogP contribution < -0.4 is 14.9 Å². The van der Waals surface area contributed by atoms with E-state index in [1.807, 2.05) is 54.6 Å². The maximum absolute atomic E-state index is 12.5. The van der Waals surface area contributed by atoms with Gasteiger partial charge < -0.3 is 14.6 Å². The van der Waals surface area contributed by atoms with Crippen molar-refractivity contribution in [3.8, 4) is 5.75 Å². The van der Waals surface area contributed by atoms with Crippen molar-refractivity contribution in [2.75, 3.05) is 5.32 Å². The number of hydrogen-bond acceptors (Lipinski definition) is 4. The minimum Gasteiger partial charge on any atom is -0.481 e. The van der Waals surface area contributed by atoms with Gasteiger partial charge in [0, 0.05) is 12.7 Å². The van der Waals surface area contributed by atoms with E-state index in [4.69, 9.17) is 4.74 Å². The summed E-state index contributed by atoms with van der Waals surface area (Å²) >= 11 is 1.16. The van der Waals surface area contributed by atoms with Gasteiger partial charge in [0.1, 0.15) is 5.75 Å². The highest BCUT2D eigenvalue weighted by Gasteiger charge is 2.16. The van der Waals surface area contributed by atoms with Crippen LogP contribution >= 0.6 is 11.3 Å². The second-order valence-corrected chi connectivity index (χ2v) is 7.36. The topological polar surface area (TPSA) is 60.3 Å². The third kappa shape index (κ3) is 3.44. The fourth-order valence-electron chi connectivity index (χ4n) is 2.95. The molecular formula is C21H18N2O3S. The zero-order chi connectivity index (χ0) is 19.0. The van der Waals surface area contributed by atoms with Crippen molar-refractivity contribution in [1.82, 2.24) is 4.57 Å². The SMILES string of the molecule is C[C@H](Oc1ccc2ccccc2c1)C(=O)Nc1ccc2c(c1)sc(=O)n2C. The summed E-state index contributed by atoms with van der Waals surface area (Å²) in [7, 11) is 1.74. The molecule has 0 saturated carbocycles. The number of amides is 1. The van der Waals surface area contributed by atoms with E-state index in [-0.39, 0.29) is 10.8 Å². The van der Waals surface area contributed by atoms with E-state index in [0.29, 0.717) is 11.4 Å². The van der Waals surface area contributed by atoms with Crippen molar-refractivity contribution in [2.24, 2.45) is 7.05 Å². The number of nitrogens with zero attached hydrogens (tertiary/aromatic N) is 1. The Balaban J connectivity index is 1.49. The van der Waals surface area contributed by atoms with E-state index in [2.05, 4.69) is 5.32 Å². The lowest BCUT2D eigenvalue weighted by molar-refractivity contribution is -0.122. The van der Waals surface area contributed by atoms with Gasteiger partial charge in [-0.15, -0.1) is 0 Å². The average Bonchev–Trinajstić information content (AvgIpc) is 2.95. The fraction of sp³-hybridized carbons (Fsp3) is 0.143. The molecule has 27 heavy (non-hydrogen) atoms. The van der Waals surface area contributed by atoms with Crippen molar-refractivity contribution in [2.45, 2.75) is 13.0 Å². The maximum atomic E-state index is 12.5. The molecule has 0 unspecified atom stereocenters. The highest BCUT2D eigenvalue weighted by molar-refractivity contribution is 7.16. The Kier molecular flexibility index (Phi) is 4.41. The first-order valence-electron chi connectivity index (χ1n) is 8.57. The summed E-state index contributed by atoms with van der Waals surface area (Å²) in [5.74, 6) is 0.402. The van der Waals surface area contributed by atoms with Gasteiger partial charge in [-0.05, 0) is 48.0 Å². The Hall–Kier alpha value is -3.12. The van der Waals surface area contributed by atoms with Crippen molar-refractivity contribution in [3.05, 3.63) is 70.3 Å². The van der Waals surface area contributed by atoms with Crippen LogP contribution in [0.2, 0.25) is 0 Å². The first kappa shape index (κ1) is 17.3. The third-order valence-electron chi connectivity index (χ3n) is 4.46. The average molecular weight is 378 g/mol. The van der Waals surface area contributed by atoms with Gasteiger partial charge in [-0.3, -0.25) is 9.59 Å². The van der Waals surface area contributed by atoms with Gasteiger partial charge in [-0.1, -0.05) is 41.7 Å². The minimum atomic E-state index is -0.656. The fourth-order valence-corrected chi connectivity index (χ4v) is 3.87. The Morgan fingerprint density at radius 3 is 2.67 bits per heavy atom. The number of nitrogens with one attached hydrogen (secondary N) is 1. The highest BCUT2D eigenvalue weighted by atomic mass is 32.1. The molecule has 6 heteroatoms. The van der Waals surface area contributed by atoms with Crippen LogP contribution in [-0.2, 0) is 11.8 Å². The lowest BCUT2D eigenvalue weighted by Crippen LogP contribution is -2.30. The molecule has 4 aromatic rings. The summed E-state index contributed by atoms with van der Waals surface area (Å²) in [5, 5.41) is 5.04. The molecule has 136 valence electrons. The highest BCUT2D eigenvalue weighted by Crippen LogP contribution is 2.23. The Bertz CT molecular complexity index is 1210. The van der Waals surface area contributed by atoms with E-state index < -0.39 is 6.10 Å². The van der Waals surface area contributed by atoms with Gasteiger partial charge in [-0.2, -0.15) is 0 Å². The summed E-state index contributed by atoms with van der Waals surface area (Å²) in [5.41, 5.74) is 1.49. The molecule has 1 amide bonds. The third-order valence-corrected chi connectivity index (χ3v) is 5.46. The Labute approximate surface area is 159 Å². The van der Waals surface area contributed by atoms with Crippen LogP contribution in [0.5, 0.6) is 5.75 Å². The quantitative estimate of drug-likeness (QED) is 0.580. The number of aromatic nitrogens is 1. The largest absolute Gasteiger partial charge is 0.481 e. The van der Waals surface area contributed by atoms with Gasteiger partial charge in [-0.25, -0.2) is 0 Å². The second kappa shape index (κ2) is 6.89. The zero-order valence-electron chi connectivity index (χ0n) is 14.9. The lowest BCUT2D eigenvalue weighted by Gasteiger charge is -2.15. The van der Waals surface area contributed by atoms with Crippen LogP contribution in [-0.4, -0.2) is 16.6 Å². The number of aryl methyl sites for hydroxylation is 1. The maximum Gasteiger partial charge on any atom is 0.307 e.